The van der Waals surface area contributed by atoms with E-state index in [9.17, 15) is 13.2 Å². The highest BCUT2D eigenvalue weighted by molar-refractivity contribution is 7.90. The minimum Gasteiger partial charge on any atom is -0.492 e. The molecule has 1 atom stereocenters. The van der Waals surface area contributed by atoms with Crippen molar-refractivity contribution < 1.29 is 17.9 Å². The summed E-state index contributed by atoms with van der Waals surface area (Å²) < 4.78 is 27.7. The van der Waals surface area contributed by atoms with Crippen LogP contribution in [0.2, 0.25) is 0 Å². The van der Waals surface area contributed by atoms with E-state index >= 15 is 0 Å². The molecule has 0 aliphatic rings. The van der Waals surface area contributed by atoms with Crippen molar-refractivity contribution >= 4 is 38.9 Å². The number of fused-ring (bicyclic) bond motifs is 1. The number of carbonyl (C=O) groups excluding carboxylic acids is 1. The molecule has 2 aromatic rings. The summed E-state index contributed by atoms with van der Waals surface area (Å²) in [5, 5.41) is 4.86. The third kappa shape index (κ3) is 7.29. The van der Waals surface area contributed by atoms with Gasteiger partial charge in [-0.3, -0.25) is 4.79 Å². The summed E-state index contributed by atoms with van der Waals surface area (Å²) in [7, 11) is -3.12. The average Bonchev–Trinajstić information content (AvgIpc) is 2.55. The molecule has 0 saturated heterocycles. The number of hydrogen-bond acceptors (Lipinski definition) is 5. The smallest absolute Gasteiger partial charge is 0.237 e. The molecule has 0 aromatic heterocycles. The van der Waals surface area contributed by atoms with E-state index < -0.39 is 15.9 Å². The van der Waals surface area contributed by atoms with Crippen LogP contribution in [0.5, 0.6) is 5.75 Å². The third-order valence-electron chi connectivity index (χ3n) is 3.53. The van der Waals surface area contributed by atoms with Crippen molar-refractivity contribution in [3.05, 3.63) is 42.5 Å². The number of halogens is 1. The number of hydrogen-bond donors (Lipinski definition) is 2. The third-order valence-corrected chi connectivity index (χ3v) is 4.50. The van der Waals surface area contributed by atoms with Crippen molar-refractivity contribution in [1.82, 2.24) is 5.32 Å². The summed E-state index contributed by atoms with van der Waals surface area (Å²) in [6.07, 6.45) is 1.23. The van der Waals surface area contributed by atoms with Crippen LogP contribution in [-0.2, 0) is 14.6 Å². The Hall–Kier alpha value is -1.83. The lowest BCUT2D eigenvalue weighted by molar-refractivity contribution is -0.122. The minimum atomic E-state index is -3.12. The predicted molar refractivity (Wildman–Crippen MR) is 102 cm³/mol. The molecule has 6 nitrogen and oxygen atoms in total. The molecule has 0 aliphatic carbocycles. The van der Waals surface area contributed by atoms with Gasteiger partial charge in [-0.05, 0) is 29.3 Å². The minimum absolute atomic E-state index is 0. The molecule has 8 heteroatoms. The Balaban J connectivity index is 0.00000312. The Kier molecular flexibility index (Phi) is 8.15. The molecule has 2 aromatic carbocycles. The maximum absolute atomic E-state index is 11.8. The number of amides is 1. The highest BCUT2D eigenvalue weighted by Gasteiger charge is 2.15. The van der Waals surface area contributed by atoms with Crippen molar-refractivity contribution in [3.63, 3.8) is 0 Å². The zero-order chi connectivity index (χ0) is 17.6. The summed E-state index contributed by atoms with van der Waals surface area (Å²) in [6.45, 7) is 0.612. The van der Waals surface area contributed by atoms with E-state index in [-0.39, 0.29) is 30.5 Å². The highest BCUT2D eigenvalue weighted by atomic mass is 35.5. The molecule has 138 valence electrons. The number of benzene rings is 2. The van der Waals surface area contributed by atoms with Gasteiger partial charge in [-0.2, -0.15) is 0 Å². The molecule has 0 spiro atoms. The Morgan fingerprint density at radius 1 is 1.20 bits per heavy atom. The number of carbonyl (C=O) groups is 1. The van der Waals surface area contributed by atoms with Crippen molar-refractivity contribution in [3.8, 4) is 5.75 Å². The summed E-state index contributed by atoms with van der Waals surface area (Å²) in [4.78, 5) is 11.8. The molecule has 0 heterocycles. The Morgan fingerprint density at radius 3 is 2.56 bits per heavy atom. The molecule has 2 rings (SSSR count). The van der Waals surface area contributed by atoms with E-state index in [1.54, 1.807) is 0 Å². The van der Waals surface area contributed by atoms with E-state index in [1.165, 1.54) is 0 Å². The van der Waals surface area contributed by atoms with E-state index in [0.717, 1.165) is 22.8 Å². The van der Waals surface area contributed by atoms with Crippen LogP contribution in [0.4, 0.5) is 0 Å². The van der Waals surface area contributed by atoms with Crippen molar-refractivity contribution in [2.75, 3.05) is 25.2 Å². The number of rotatable bonds is 8. The largest absolute Gasteiger partial charge is 0.492 e. The van der Waals surface area contributed by atoms with Crippen molar-refractivity contribution in [2.45, 2.75) is 12.5 Å². The molecular weight excluding hydrogens is 364 g/mol. The van der Waals surface area contributed by atoms with Gasteiger partial charge in [-0.15, -0.1) is 12.4 Å². The lowest BCUT2D eigenvalue weighted by Crippen LogP contribution is -2.42. The van der Waals surface area contributed by atoms with Crippen LogP contribution in [0.3, 0.4) is 0 Å². The van der Waals surface area contributed by atoms with Gasteiger partial charge in [0.05, 0.1) is 18.3 Å². The van der Waals surface area contributed by atoms with Gasteiger partial charge in [0, 0.05) is 6.26 Å². The quantitative estimate of drug-likeness (QED) is 0.670. The zero-order valence-corrected chi connectivity index (χ0v) is 15.6. The maximum Gasteiger partial charge on any atom is 0.237 e. The predicted octanol–water partition coefficient (Wildman–Crippen LogP) is 1.52. The van der Waals surface area contributed by atoms with Gasteiger partial charge in [0.25, 0.3) is 0 Å². The molecule has 0 radical (unpaired) electrons. The molecule has 1 unspecified atom stereocenters. The van der Waals surface area contributed by atoms with E-state index in [0.29, 0.717) is 13.2 Å². The number of nitrogens with one attached hydrogen (secondary N) is 1. The van der Waals surface area contributed by atoms with Gasteiger partial charge in [0.15, 0.2) is 0 Å². The normalized spacial score (nSPS) is 12.2. The lowest BCUT2D eigenvalue weighted by Gasteiger charge is -2.12. The van der Waals surface area contributed by atoms with E-state index in [4.69, 9.17) is 10.5 Å². The highest BCUT2D eigenvalue weighted by Crippen LogP contribution is 2.20. The molecule has 0 saturated carbocycles. The Morgan fingerprint density at radius 2 is 1.88 bits per heavy atom. The fourth-order valence-corrected chi connectivity index (χ4v) is 2.89. The summed E-state index contributed by atoms with van der Waals surface area (Å²) in [6, 6.07) is 12.9. The first-order chi connectivity index (χ1) is 11.3. The molecule has 0 fully saturated rings. The van der Waals surface area contributed by atoms with Crippen molar-refractivity contribution in [2.24, 2.45) is 5.73 Å². The van der Waals surface area contributed by atoms with Gasteiger partial charge < -0.3 is 15.8 Å². The van der Waals surface area contributed by atoms with Gasteiger partial charge in [-0.25, -0.2) is 8.42 Å². The Labute approximate surface area is 154 Å². The molecule has 0 aliphatic heterocycles. The van der Waals surface area contributed by atoms with Crippen LogP contribution in [0.1, 0.15) is 6.42 Å². The van der Waals surface area contributed by atoms with E-state index in [1.807, 2.05) is 42.5 Å². The SMILES string of the molecule is CS(=O)(=O)CCC(N)C(=O)NCCOc1ccc2ccccc2c1.Cl. The first kappa shape index (κ1) is 21.2. The second kappa shape index (κ2) is 9.60. The fraction of sp³-hybridized carbons (Fsp3) is 0.353. The second-order valence-electron chi connectivity index (χ2n) is 5.67. The van der Waals surface area contributed by atoms with Gasteiger partial charge in [0.1, 0.15) is 22.2 Å². The monoisotopic (exact) mass is 386 g/mol. The summed E-state index contributed by atoms with van der Waals surface area (Å²) in [5.74, 6) is 0.250. The average molecular weight is 387 g/mol. The molecular formula is C17H23ClN2O4S. The van der Waals surface area contributed by atoms with Gasteiger partial charge in [-0.1, -0.05) is 30.3 Å². The second-order valence-corrected chi connectivity index (χ2v) is 7.93. The number of nitrogens with two attached hydrogens (primary N) is 1. The summed E-state index contributed by atoms with van der Waals surface area (Å²) in [5.41, 5.74) is 5.66. The molecule has 25 heavy (non-hydrogen) atoms. The van der Waals surface area contributed by atoms with Crippen LogP contribution < -0.4 is 15.8 Å². The number of sulfone groups is 1. The van der Waals surface area contributed by atoms with E-state index in [2.05, 4.69) is 5.32 Å². The first-order valence-corrected chi connectivity index (χ1v) is 9.74. The van der Waals surface area contributed by atoms with Crippen LogP contribution in [0.15, 0.2) is 42.5 Å². The van der Waals surface area contributed by atoms with Crippen LogP contribution in [-0.4, -0.2) is 45.5 Å². The lowest BCUT2D eigenvalue weighted by atomic mass is 10.1. The summed E-state index contributed by atoms with van der Waals surface area (Å²) >= 11 is 0. The van der Waals surface area contributed by atoms with Gasteiger partial charge >= 0.3 is 0 Å². The maximum atomic E-state index is 11.8. The van der Waals surface area contributed by atoms with Crippen LogP contribution >= 0.6 is 12.4 Å². The molecule has 0 bridgehead atoms. The topological polar surface area (TPSA) is 98.5 Å². The number of ether oxygens (including phenoxy) is 1. The first-order valence-electron chi connectivity index (χ1n) is 7.68. The van der Waals surface area contributed by atoms with Gasteiger partial charge in [0.2, 0.25) is 5.91 Å². The zero-order valence-electron chi connectivity index (χ0n) is 14.0. The Bertz CT molecular complexity index is 811. The fourth-order valence-electron chi connectivity index (χ4n) is 2.20. The standard InChI is InChI=1S/C17H22N2O4S.ClH/c1-24(21,22)11-8-16(18)17(20)19-9-10-23-15-7-6-13-4-2-3-5-14(13)12-15;/h2-7,12,16H,8-11,18H2,1H3,(H,19,20);1H. The van der Waals surface area contributed by atoms with Crippen LogP contribution in [0, 0.1) is 0 Å². The van der Waals surface area contributed by atoms with Crippen LogP contribution in [0.25, 0.3) is 10.8 Å². The molecule has 1 amide bonds. The molecule has 3 N–H and O–H groups in total. The van der Waals surface area contributed by atoms with Crippen molar-refractivity contribution in [1.29, 1.82) is 0 Å².